The van der Waals surface area contributed by atoms with E-state index in [4.69, 9.17) is 4.74 Å². The Morgan fingerprint density at radius 2 is 2.00 bits per heavy atom. The highest BCUT2D eigenvalue weighted by Crippen LogP contribution is 2.21. The van der Waals surface area contributed by atoms with E-state index in [1.165, 1.54) is 0 Å². The van der Waals surface area contributed by atoms with Gasteiger partial charge in [0.15, 0.2) is 5.78 Å². The molecule has 0 saturated carbocycles. The molecule has 16 heavy (non-hydrogen) atoms. The molecule has 0 fully saturated rings. The van der Waals surface area contributed by atoms with Gasteiger partial charge in [0.25, 0.3) is 0 Å². The average Bonchev–Trinajstić information content (AvgIpc) is 2.25. The molecular weight excluding hydrogens is 200 g/mol. The summed E-state index contributed by atoms with van der Waals surface area (Å²) in [6.45, 7) is 6.81. The lowest BCUT2D eigenvalue weighted by Crippen LogP contribution is -2.07. The SMILES string of the molecule is CCCOc1ccccc1C(=O)CC(C)C. The predicted molar refractivity (Wildman–Crippen MR) is 66.0 cm³/mol. The molecular formula is C14H20O2. The fourth-order valence-electron chi connectivity index (χ4n) is 1.52. The summed E-state index contributed by atoms with van der Waals surface area (Å²) in [6.07, 6.45) is 1.53. The molecule has 0 aliphatic carbocycles. The van der Waals surface area contributed by atoms with Crippen molar-refractivity contribution in [3.05, 3.63) is 29.8 Å². The van der Waals surface area contributed by atoms with Crippen LogP contribution in [0.4, 0.5) is 0 Å². The maximum atomic E-state index is 12.0. The summed E-state index contributed by atoms with van der Waals surface area (Å²) in [6, 6.07) is 7.49. The maximum absolute atomic E-state index is 12.0. The molecule has 0 amide bonds. The lowest BCUT2D eigenvalue weighted by molar-refractivity contribution is 0.0964. The summed E-state index contributed by atoms with van der Waals surface area (Å²) in [5.41, 5.74) is 0.713. The van der Waals surface area contributed by atoms with E-state index in [-0.39, 0.29) is 5.78 Å². The Hall–Kier alpha value is -1.31. The molecule has 0 aliphatic rings. The van der Waals surface area contributed by atoms with Crippen molar-refractivity contribution in [2.45, 2.75) is 33.6 Å². The lowest BCUT2D eigenvalue weighted by atomic mass is 10.0. The quantitative estimate of drug-likeness (QED) is 0.683. The molecule has 0 heterocycles. The maximum Gasteiger partial charge on any atom is 0.166 e. The van der Waals surface area contributed by atoms with Gasteiger partial charge in [-0.05, 0) is 24.5 Å². The Morgan fingerprint density at radius 3 is 2.62 bits per heavy atom. The van der Waals surface area contributed by atoms with Crippen molar-refractivity contribution in [1.29, 1.82) is 0 Å². The Balaban J connectivity index is 2.81. The highest BCUT2D eigenvalue weighted by molar-refractivity contribution is 5.98. The smallest absolute Gasteiger partial charge is 0.166 e. The Bertz CT molecular complexity index is 342. The fraction of sp³-hybridized carbons (Fsp3) is 0.500. The molecule has 0 radical (unpaired) electrons. The van der Waals surface area contributed by atoms with Crippen molar-refractivity contribution in [3.8, 4) is 5.75 Å². The largest absolute Gasteiger partial charge is 0.493 e. The highest BCUT2D eigenvalue weighted by Gasteiger charge is 2.12. The molecule has 2 nitrogen and oxygen atoms in total. The van der Waals surface area contributed by atoms with Gasteiger partial charge >= 0.3 is 0 Å². The van der Waals surface area contributed by atoms with Crippen molar-refractivity contribution in [2.75, 3.05) is 6.61 Å². The number of hydrogen-bond donors (Lipinski definition) is 0. The monoisotopic (exact) mass is 220 g/mol. The average molecular weight is 220 g/mol. The van der Waals surface area contributed by atoms with Crippen LogP contribution in [0.15, 0.2) is 24.3 Å². The summed E-state index contributed by atoms with van der Waals surface area (Å²) < 4.78 is 5.57. The summed E-state index contributed by atoms with van der Waals surface area (Å²) in [5.74, 6) is 1.27. The number of ether oxygens (including phenoxy) is 1. The van der Waals surface area contributed by atoms with Gasteiger partial charge in [-0.15, -0.1) is 0 Å². The Labute approximate surface area is 97.6 Å². The van der Waals surface area contributed by atoms with Crippen LogP contribution in [0.5, 0.6) is 5.75 Å². The number of carbonyl (C=O) groups is 1. The second-order valence-corrected chi connectivity index (χ2v) is 4.37. The van der Waals surface area contributed by atoms with Gasteiger partial charge in [-0.2, -0.15) is 0 Å². The normalized spacial score (nSPS) is 10.5. The van der Waals surface area contributed by atoms with Gasteiger partial charge in [-0.25, -0.2) is 0 Å². The topological polar surface area (TPSA) is 26.3 Å². The van der Waals surface area contributed by atoms with Gasteiger partial charge in [0.05, 0.1) is 12.2 Å². The van der Waals surface area contributed by atoms with E-state index in [9.17, 15) is 4.79 Å². The molecule has 0 bridgehead atoms. The molecule has 0 spiro atoms. The zero-order valence-corrected chi connectivity index (χ0v) is 10.3. The summed E-state index contributed by atoms with van der Waals surface area (Å²) in [4.78, 5) is 12.0. The number of benzene rings is 1. The standard InChI is InChI=1S/C14H20O2/c1-4-9-16-14-8-6-5-7-12(14)13(15)10-11(2)3/h5-8,11H,4,9-10H2,1-3H3. The second-order valence-electron chi connectivity index (χ2n) is 4.37. The minimum Gasteiger partial charge on any atom is -0.493 e. The van der Waals surface area contributed by atoms with Crippen LogP contribution in [-0.2, 0) is 0 Å². The molecule has 0 atom stereocenters. The van der Waals surface area contributed by atoms with Gasteiger partial charge in [0, 0.05) is 6.42 Å². The number of ketones is 1. The van der Waals surface area contributed by atoms with Gasteiger partial charge in [-0.3, -0.25) is 4.79 Å². The van der Waals surface area contributed by atoms with Crippen molar-refractivity contribution >= 4 is 5.78 Å². The molecule has 2 heteroatoms. The lowest BCUT2D eigenvalue weighted by Gasteiger charge is -2.10. The van der Waals surface area contributed by atoms with Crippen LogP contribution in [0.25, 0.3) is 0 Å². The first-order valence-corrected chi connectivity index (χ1v) is 5.90. The van der Waals surface area contributed by atoms with Crippen LogP contribution in [0.2, 0.25) is 0 Å². The van der Waals surface area contributed by atoms with Crippen molar-refractivity contribution in [3.63, 3.8) is 0 Å². The first-order chi connectivity index (χ1) is 7.65. The van der Waals surface area contributed by atoms with Crippen LogP contribution in [0, 0.1) is 5.92 Å². The first-order valence-electron chi connectivity index (χ1n) is 5.90. The van der Waals surface area contributed by atoms with Gasteiger partial charge in [0.1, 0.15) is 5.75 Å². The first kappa shape index (κ1) is 12.8. The van der Waals surface area contributed by atoms with Gasteiger partial charge in [-0.1, -0.05) is 32.9 Å². The van der Waals surface area contributed by atoms with E-state index in [1.54, 1.807) is 0 Å². The molecule has 0 aromatic heterocycles. The number of para-hydroxylation sites is 1. The van der Waals surface area contributed by atoms with Crippen LogP contribution < -0.4 is 4.74 Å². The van der Waals surface area contributed by atoms with Gasteiger partial charge in [0.2, 0.25) is 0 Å². The summed E-state index contributed by atoms with van der Waals surface area (Å²) >= 11 is 0. The molecule has 88 valence electrons. The molecule has 1 rings (SSSR count). The molecule has 0 unspecified atom stereocenters. The third kappa shape index (κ3) is 3.69. The zero-order valence-electron chi connectivity index (χ0n) is 10.3. The Kier molecular flexibility index (Phi) is 5.03. The van der Waals surface area contributed by atoms with Gasteiger partial charge < -0.3 is 4.74 Å². The van der Waals surface area contributed by atoms with E-state index in [0.29, 0.717) is 24.5 Å². The third-order valence-corrected chi connectivity index (χ3v) is 2.24. The fourth-order valence-corrected chi connectivity index (χ4v) is 1.52. The van der Waals surface area contributed by atoms with E-state index in [2.05, 4.69) is 6.92 Å². The van der Waals surface area contributed by atoms with Crippen molar-refractivity contribution in [1.82, 2.24) is 0 Å². The molecule has 1 aromatic rings. The van der Waals surface area contributed by atoms with E-state index in [1.807, 2.05) is 38.1 Å². The summed E-state index contributed by atoms with van der Waals surface area (Å²) in [5, 5.41) is 0. The van der Waals surface area contributed by atoms with Crippen molar-refractivity contribution < 1.29 is 9.53 Å². The Morgan fingerprint density at radius 1 is 1.31 bits per heavy atom. The number of carbonyl (C=O) groups excluding carboxylic acids is 1. The van der Waals surface area contributed by atoms with E-state index >= 15 is 0 Å². The van der Waals surface area contributed by atoms with Crippen LogP contribution in [0.3, 0.4) is 0 Å². The van der Waals surface area contributed by atoms with Crippen LogP contribution >= 0.6 is 0 Å². The minimum absolute atomic E-state index is 0.168. The van der Waals surface area contributed by atoms with E-state index < -0.39 is 0 Å². The van der Waals surface area contributed by atoms with E-state index in [0.717, 1.165) is 12.2 Å². The van der Waals surface area contributed by atoms with Crippen LogP contribution in [-0.4, -0.2) is 12.4 Å². The number of hydrogen-bond acceptors (Lipinski definition) is 2. The molecule has 0 N–H and O–H groups in total. The molecule has 1 aromatic carbocycles. The zero-order chi connectivity index (χ0) is 12.0. The van der Waals surface area contributed by atoms with Crippen molar-refractivity contribution in [2.24, 2.45) is 5.92 Å². The number of Topliss-reactive ketones (excluding diaryl/α,β-unsaturated/α-hetero) is 1. The second kappa shape index (κ2) is 6.31. The highest BCUT2D eigenvalue weighted by atomic mass is 16.5. The number of rotatable bonds is 6. The van der Waals surface area contributed by atoms with Crippen LogP contribution in [0.1, 0.15) is 44.0 Å². The molecule has 0 saturated heterocycles. The minimum atomic E-state index is 0.168. The summed E-state index contributed by atoms with van der Waals surface area (Å²) in [7, 11) is 0. The third-order valence-electron chi connectivity index (χ3n) is 2.24. The molecule has 0 aliphatic heterocycles. The predicted octanol–water partition coefficient (Wildman–Crippen LogP) is 3.70.